The highest BCUT2D eigenvalue weighted by Crippen LogP contribution is 2.48. The van der Waals surface area contributed by atoms with E-state index in [4.69, 9.17) is 22.9 Å². The predicted molar refractivity (Wildman–Crippen MR) is 205 cm³/mol. The molecule has 0 spiro atoms. The van der Waals surface area contributed by atoms with Crippen LogP contribution in [0.4, 0.5) is 0 Å². The Kier molecular flexibility index (Phi) is 8.30. The van der Waals surface area contributed by atoms with E-state index in [0.29, 0.717) is 45.2 Å². The molecule has 13 rings (SSSR count). The van der Waals surface area contributed by atoms with Crippen LogP contribution in [-0.2, 0) is 6.42 Å². The smallest absolute Gasteiger partial charge is 0.181 e. The lowest BCUT2D eigenvalue weighted by Crippen LogP contribution is -1.90. The van der Waals surface area contributed by atoms with Crippen LogP contribution in [-0.4, -0.2) is 24.5 Å². The third-order valence-electron chi connectivity index (χ3n) is 9.10. The zero-order chi connectivity index (χ0) is 34.9. The van der Waals surface area contributed by atoms with Crippen molar-refractivity contribution in [2.75, 3.05) is 14.2 Å². The third-order valence-corrected chi connectivity index (χ3v) is 9.10. The fourth-order valence-corrected chi connectivity index (χ4v) is 6.65. The predicted octanol–water partition coefficient (Wildman–Crippen LogP) is 11.4. The van der Waals surface area contributed by atoms with Crippen molar-refractivity contribution in [1.29, 1.82) is 0 Å². The Hall–Kier alpha value is -6.60. The highest BCUT2D eigenvalue weighted by molar-refractivity contribution is 6.09. The molecule has 0 saturated carbocycles. The van der Waals surface area contributed by atoms with Gasteiger partial charge in [-0.1, -0.05) is 122 Å². The molecule has 6 aliphatic rings. The van der Waals surface area contributed by atoms with Crippen molar-refractivity contribution >= 4 is 50.2 Å². The minimum atomic E-state index is 0.597. The summed E-state index contributed by atoms with van der Waals surface area (Å²) in [5.41, 5.74) is 10.4. The molecule has 51 heavy (non-hydrogen) atoms. The summed E-state index contributed by atoms with van der Waals surface area (Å²) in [5, 5.41) is 10.2. The van der Waals surface area contributed by atoms with Crippen LogP contribution in [0.5, 0.6) is 11.5 Å². The van der Waals surface area contributed by atoms with Crippen LogP contribution in [0.15, 0.2) is 141 Å². The van der Waals surface area contributed by atoms with Gasteiger partial charge in [0.1, 0.15) is 22.6 Å². The number of nitrogens with zero attached hydrogens (tertiary/aromatic N) is 2. The van der Waals surface area contributed by atoms with Crippen molar-refractivity contribution in [3.05, 3.63) is 150 Å². The van der Waals surface area contributed by atoms with Gasteiger partial charge in [-0.3, -0.25) is 0 Å². The molecule has 7 heteroatoms. The number of benzene rings is 4. The number of ether oxygens (including phenoxy) is 2. The number of hydrogen-bond acceptors (Lipinski definition) is 7. The lowest BCUT2D eigenvalue weighted by atomic mass is 9.96. The highest BCUT2D eigenvalue weighted by Gasteiger charge is 2.24. The van der Waals surface area contributed by atoms with E-state index < -0.39 is 0 Å². The summed E-state index contributed by atoms with van der Waals surface area (Å²) >= 11 is 0. The molecular weight excluding hydrogens is 636 g/mol. The maximum Gasteiger partial charge on any atom is 0.181 e. The average Bonchev–Trinajstić information content (AvgIpc) is 3.93. The van der Waals surface area contributed by atoms with Gasteiger partial charge in [0.05, 0.1) is 25.0 Å². The second kappa shape index (κ2) is 13.4. The number of allylic oxidation sites excluding steroid dienone is 10. The van der Waals surface area contributed by atoms with Crippen LogP contribution < -0.4 is 9.47 Å². The Labute approximate surface area is 294 Å². The van der Waals surface area contributed by atoms with Crippen molar-refractivity contribution in [2.45, 2.75) is 13.3 Å². The molecule has 9 heterocycles. The second-order valence-electron chi connectivity index (χ2n) is 12.2. The summed E-state index contributed by atoms with van der Waals surface area (Å²) in [6, 6.07) is 24.6. The van der Waals surface area contributed by atoms with Crippen molar-refractivity contribution in [3.63, 3.8) is 0 Å². The molecule has 4 aromatic carbocycles. The van der Waals surface area contributed by atoms with Crippen LogP contribution in [0.2, 0.25) is 0 Å². The largest absolute Gasteiger partial charge is 0.492 e. The topological polar surface area (TPSA) is 83.7 Å². The van der Waals surface area contributed by atoms with E-state index in [9.17, 15) is 0 Å². The van der Waals surface area contributed by atoms with Crippen LogP contribution >= 0.6 is 0 Å². The van der Waals surface area contributed by atoms with E-state index in [-0.39, 0.29) is 0 Å². The van der Waals surface area contributed by atoms with Gasteiger partial charge in [0.25, 0.3) is 0 Å². The van der Waals surface area contributed by atoms with Crippen LogP contribution in [0.25, 0.3) is 72.8 Å². The van der Waals surface area contributed by atoms with Gasteiger partial charge in [0, 0.05) is 22.3 Å². The number of furan rings is 2. The van der Waals surface area contributed by atoms with Gasteiger partial charge in [-0.15, -0.1) is 0 Å². The van der Waals surface area contributed by atoms with E-state index in [1.165, 1.54) is 0 Å². The monoisotopic (exact) mass is 670 g/mol. The fraction of sp³-hybridized carbons (Fsp3) is 0.0909. The fourth-order valence-electron chi connectivity index (χ4n) is 6.65. The molecule has 0 aliphatic carbocycles. The second-order valence-corrected chi connectivity index (χ2v) is 12.2. The average molecular weight is 671 g/mol. The van der Waals surface area contributed by atoms with E-state index in [1.54, 1.807) is 20.3 Å². The van der Waals surface area contributed by atoms with Crippen LogP contribution in [0.3, 0.4) is 0 Å². The molecule has 0 N–H and O–H groups in total. The first-order valence-electron chi connectivity index (χ1n) is 16.7. The molecule has 7 nitrogen and oxygen atoms in total. The van der Waals surface area contributed by atoms with Gasteiger partial charge in [-0.25, -0.2) is 4.63 Å². The first kappa shape index (κ1) is 31.7. The molecule has 12 bridgehead atoms. The maximum absolute atomic E-state index is 6.47. The highest BCUT2D eigenvalue weighted by atomic mass is 16.6. The van der Waals surface area contributed by atoms with Gasteiger partial charge in [-0.2, -0.15) is 0 Å². The number of methoxy groups -OCH3 is 2. The van der Waals surface area contributed by atoms with E-state index in [0.717, 1.165) is 61.7 Å². The Bertz CT molecular complexity index is 2530. The van der Waals surface area contributed by atoms with Crippen LogP contribution in [0.1, 0.15) is 29.2 Å². The molecule has 3 aromatic heterocycles. The zero-order valence-corrected chi connectivity index (χ0v) is 28.5. The number of rotatable bonds is 4. The molecule has 250 valence electrons. The van der Waals surface area contributed by atoms with Gasteiger partial charge in [0.2, 0.25) is 0 Å². The Balaban J connectivity index is 1.29. The lowest BCUT2D eigenvalue weighted by molar-refractivity contribution is 0.315. The van der Waals surface area contributed by atoms with Crippen molar-refractivity contribution < 1.29 is 22.9 Å². The summed E-state index contributed by atoms with van der Waals surface area (Å²) in [6.45, 7) is 5.95. The molecular formula is C44H34N2O5. The molecule has 0 unspecified atom stereocenters. The molecule has 0 fully saturated rings. The summed E-state index contributed by atoms with van der Waals surface area (Å²) in [7, 11) is 3.29. The number of fused-ring (bicyclic) bond motifs is 2. The van der Waals surface area contributed by atoms with Gasteiger partial charge in [0.15, 0.2) is 22.7 Å². The normalized spacial score (nSPS) is 16.4. The summed E-state index contributed by atoms with van der Waals surface area (Å²) < 4.78 is 30.1. The molecule has 6 aliphatic heterocycles. The van der Waals surface area contributed by atoms with E-state index in [2.05, 4.69) is 95.8 Å². The lowest BCUT2D eigenvalue weighted by Gasteiger charge is -2.08. The zero-order valence-electron chi connectivity index (χ0n) is 28.5. The van der Waals surface area contributed by atoms with Crippen molar-refractivity contribution in [3.8, 4) is 34.1 Å². The number of aromatic nitrogens is 2. The molecule has 0 amide bonds. The van der Waals surface area contributed by atoms with Gasteiger partial charge >= 0.3 is 0 Å². The van der Waals surface area contributed by atoms with Crippen molar-refractivity contribution in [2.24, 2.45) is 0 Å². The summed E-state index contributed by atoms with van der Waals surface area (Å²) in [4.78, 5) is 0. The first-order valence-corrected chi connectivity index (χ1v) is 16.7. The minimum absolute atomic E-state index is 0.597. The molecule has 7 aromatic rings. The van der Waals surface area contributed by atoms with Crippen molar-refractivity contribution in [1.82, 2.24) is 10.3 Å². The number of hydrogen-bond donors (Lipinski definition) is 0. The minimum Gasteiger partial charge on any atom is -0.492 e. The summed E-state index contributed by atoms with van der Waals surface area (Å²) in [5.74, 6) is 2.59. The summed E-state index contributed by atoms with van der Waals surface area (Å²) in [6.07, 6.45) is 18.9. The Morgan fingerprint density at radius 2 is 1.35 bits per heavy atom. The Morgan fingerprint density at radius 3 is 1.96 bits per heavy atom. The molecule has 0 saturated heterocycles. The van der Waals surface area contributed by atoms with Crippen LogP contribution in [0, 0.1) is 0 Å². The standard InChI is InChI=1S/C44H34N2O5/c1-5-9-29-13-7-11-27-15-19-31(20-16-27)37-25-35-41(47-3)44-36(42(48-4)43(35)49-37)26-38(50-44)32-21-17-28(18-22-32)12-8-14-30(10-6-2)34-24-23-33(29)39-40(34)46-51-45-39/h5-10,12-26H,1,11H2,2-4H3/b10-6-,12-8-,13-7-,29-9+,30-14+. The van der Waals surface area contributed by atoms with Gasteiger partial charge in [-0.05, 0) is 58.1 Å². The first-order chi connectivity index (χ1) is 25.1. The third kappa shape index (κ3) is 5.68. The maximum atomic E-state index is 6.47. The van der Waals surface area contributed by atoms with E-state index in [1.807, 2.05) is 49.4 Å². The molecule has 0 atom stereocenters. The SMILES string of the molecule is C=C/C=C1\C=C/Cc2ccc(cc2)-c2cc3c(OC)c4oc(cc4c(OC)c3o2)-c2ccc(cc2)\C=C/C=C(\C=C/C)c2ccc1c1nonc21. The quantitative estimate of drug-likeness (QED) is 0.184. The van der Waals surface area contributed by atoms with E-state index >= 15 is 0 Å². The molecule has 0 radical (unpaired) electrons. The van der Waals surface area contributed by atoms with Gasteiger partial charge < -0.3 is 18.3 Å². The Morgan fingerprint density at radius 1 is 0.745 bits per heavy atom.